The first-order chi connectivity index (χ1) is 8.23. The third-order valence-corrected chi connectivity index (χ3v) is 3.21. The van der Waals surface area contributed by atoms with Crippen LogP contribution in [-0.4, -0.2) is 16.1 Å². The second-order valence-electron chi connectivity index (χ2n) is 4.41. The van der Waals surface area contributed by atoms with Gasteiger partial charge < -0.3 is 5.11 Å². The molecule has 1 aromatic rings. The summed E-state index contributed by atoms with van der Waals surface area (Å²) in [6.07, 6.45) is 5.98. The number of aliphatic carboxylic acids is 1. The highest BCUT2D eigenvalue weighted by Crippen LogP contribution is 2.35. The van der Waals surface area contributed by atoms with E-state index in [0.717, 1.165) is 19.3 Å². The van der Waals surface area contributed by atoms with E-state index in [2.05, 4.69) is 16.8 Å². The van der Waals surface area contributed by atoms with Crippen LogP contribution < -0.4 is 0 Å². The van der Waals surface area contributed by atoms with Crippen LogP contribution in [0.5, 0.6) is 0 Å². The predicted octanol–water partition coefficient (Wildman–Crippen LogP) is 2.47. The van der Waals surface area contributed by atoms with Gasteiger partial charge in [-0.15, -0.1) is 0 Å². The molecule has 1 saturated carbocycles. The Kier molecular flexibility index (Phi) is 3.43. The third-order valence-electron chi connectivity index (χ3n) is 3.21. The van der Waals surface area contributed by atoms with Crippen molar-refractivity contribution in [1.82, 2.24) is 4.98 Å². The molecule has 1 heterocycles. The van der Waals surface area contributed by atoms with Crippen molar-refractivity contribution in [2.45, 2.75) is 32.1 Å². The van der Waals surface area contributed by atoms with Gasteiger partial charge in [0.2, 0.25) is 0 Å². The van der Waals surface area contributed by atoms with Crippen LogP contribution in [0.4, 0.5) is 0 Å². The molecule has 88 valence electrons. The maximum atomic E-state index is 11.4. The van der Waals surface area contributed by atoms with E-state index in [1.165, 1.54) is 0 Å². The first-order valence-electron chi connectivity index (χ1n) is 5.91. The van der Waals surface area contributed by atoms with Crippen molar-refractivity contribution in [3.05, 3.63) is 30.1 Å². The molecule has 0 radical (unpaired) electrons. The molecular formula is C14H15NO2. The predicted molar refractivity (Wildman–Crippen MR) is 64.3 cm³/mol. The normalized spacial score (nSPS) is 17.9. The van der Waals surface area contributed by atoms with Gasteiger partial charge in [0.05, 0.1) is 0 Å². The number of hydrogen-bond donors (Lipinski definition) is 1. The van der Waals surface area contributed by atoms with Gasteiger partial charge in [0, 0.05) is 6.20 Å². The van der Waals surface area contributed by atoms with E-state index in [-0.39, 0.29) is 0 Å². The molecule has 1 aromatic heterocycles. The van der Waals surface area contributed by atoms with Crippen LogP contribution in [0.2, 0.25) is 0 Å². The average molecular weight is 229 g/mol. The highest BCUT2D eigenvalue weighted by Gasteiger charge is 2.37. The quantitative estimate of drug-likeness (QED) is 0.752. The Balaban J connectivity index is 2.24. The lowest BCUT2D eigenvalue weighted by Crippen LogP contribution is -2.31. The number of carbonyl (C=O) groups is 1. The molecule has 0 unspecified atom stereocenters. The lowest BCUT2D eigenvalue weighted by molar-refractivity contribution is -0.146. The maximum absolute atomic E-state index is 11.4. The molecule has 0 bridgehead atoms. The zero-order valence-electron chi connectivity index (χ0n) is 9.65. The van der Waals surface area contributed by atoms with Crippen LogP contribution in [0.15, 0.2) is 24.4 Å². The highest BCUT2D eigenvalue weighted by molar-refractivity contribution is 5.79. The van der Waals surface area contributed by atoms with Gasteiger partial charge in [0.25, 0.3) is 0 Å². The lowest BCUT2D eigenvalue weighted by atomic mass is 9.74. The molecular weight excluding hydrogens is 214 g/mol. The summed E-state index contributed by atoms with van der Waals surface area (Å²) in [5, 5.41) is 9.34. The van der Waals surface area contributed by atoms with Gasteiger partial charge in [0.1, 0.15) is 11.1 Å². The molecule has 17 heavy (non-hydrogen) atoms. The number of pyridine rings is 1. The molecule has 0 atom stereocenters. The molecule has 1 N–H and O–H groups in total. The van der Waals surface area contributed by atoms with Gasteiger partial charge in [0.15, 0.2) is 0 Å². The smallest absolute Gasteiger partial charge is 0.321 e. The van der Waals surface area contributed by atoms with Crippen molar-refractivity contribution in [2.24, 2.45) is 5.41 Å². The number of carboxylic acid groups (broad SMARTS) is 1. The van der Waals surface area contributed by atoms with E-state index in [0.29, 0.717) is 18.5 Å². The number of nitrogens with zero attached hydrogens (tertiary/aromatic N) is 1. The fourth-order valence-electron chi connectivity index (χ4n) is 2.17. The summed E-state index contributed by atoms with van der Waals surface area (Å²) in [4.78, 5) is 15.5. The molecule has 0 aliphatic heterocycles. The molecule has 3 nitrogen and oxygen atoms in total. The third kappa shape index (κ3) is 2.65. The van der Waals surface area contributed by atoms with Crippen molar-refractivity contribution in [1.29, 1.82) is 0 Å². The summed E-state index contributed by atoms with van der Waals surface area (Å²) in [5.74, 6) is 5.04. The van der Waals surface area contributed by atoms with E-state index in [9.17, 15) is 9.90 Å². The van der Waals surface area contributed by atoms with Crippen molar-refractivity contribution in [3.8, 4) is 11.8 Å². The topological polar surface area (TPSA) is 50.2 Å². The average Bonchev–Trinajstić information content (AvgIpc) is 2.38. The minimum Gasteiger partial charge on any atom is -0.480 e. The second-order valence-corrected chi connectivity index (χ2v) is 4.41. The summed E-state index contributed by atoms with van der Waals surface area (Å²) < 4.78 is 0. The number of aromatic nitrogens is 1. The van der Waals surface area contributed by atoms with Crippen molar-refractivity contribution < 1.29 is 9.90 Å². The van der Waals surface area contributed by atoms with E-state index < -0.39 is 11.4 Å². The zero-order valence-corrected chi connectivity index (χ0v) is 9.65. The second kappa shape index (κ2) is 5.01. The fraction of sp³-hybridized carbons (Fsp3) is 0.429. The molecule has 1 fully saturated rings. The number of carboxylic acids is 1. The summed E-state index contributed by atoms with van der Waals surface area (Å²) in [7, 11) is 0. The number of hydrogen-bond acceptors (Lipinski definition) is 2. The van der Waals surface area contributed by atoms with E-state index >= 15 is 0 Å². The molecule has 0 spiro atoms. The van der Waals surface area contributed by atoms with E-state index in [1.54, 1.807) is 12.3 Å². The Morgan fingerprint density at radius 1 is 1.29 bits per heavy atom. The molecule has 2 rings (SSSR count). The summed E-state index contributed by atoms with van der Waals surface area (Å²) in [5.41, 5.74) is -0.214. The lowest BCUT2D eigenvalue weighted by Gasteiger charge is -2.27. The Morgan fingerprint density at radius 2 is 2.06 bits per heavy atom. The van der Waals surface area contributed by atoms with E-state index in [1.807, 2.05) is 12.1 Å². The van der Waals surface area contributed by atoms with Gasteiger partial charge in [-0.2, -0.15) is 0 Å². The minimum absolute atomic E-state index is 0.638. The van der Waals surface area contributed by atoms with Crippen molar-refractivity contribution >= 4 is 5.97 Å². The SMILES string of the molecule is O=C(O)C1(C#Cc2ccccn2)CCCCC1. The van der Waals surface area contributed by atoms with Gasteiger partial charge in [-0.05, 0) is 30.9 Å². The van der Waals surface area contributed by atoms with E-state index in [4.69, 9.17) is 0 Å². The van der Waals surface area contributed by atoms with Gasteiger partial charge in [-0.25, -0.2) is 4.98 Å². The van der Waals surface area contributed by atoms with Crippen molar-refractivity contribution in [3.63, 3.8) is 0 Å². The number of rotatable bonds is 1. The molecule has 1 aliphatic carbocycles. The fourth-order valence-corrected chi connectivity index (χ4v) is 2.17. The molecule has 0 saturated heterocycles. The highest BCUT2D eigenvalue weighted by atomic mass is 16.4. The first kappa shape index (κ1) is 11.7. The van der Waals surface area contributed by atoms with Gasteiger partial charge in [-0.3, -0.25) is 4.79 Å². The monoisotopic (exact) mass is 229 g/mol. The molecule has 1 aliphatic rings. The van der Waals surface area contributed by atoms with Crippen LogP contribution in [-0.2, 0) is 4.79 Å². The van der Waals surface area contributed by atoms with Crippen LogP contribution >= 0.6 is 0 Å². The Morgan fingerprint density at radius 3 is 2.65 bits per heavy atom. The van der Waals surface area contributed by atoms with Gasteiger partial charge >= 0.3 is 5.97 Å². The minimum atomic E-state index is -0.851. The Bertz CT molecular complexity index is 450. The standard InChI is InChI=1S/C14H15NO2/c16-13(17)14(8-3-1-4-9-14)10-7-12-6-2-5-11-15-12/h2,5-6,11H,1,3-4,8-9H2,(H,16,17). The van der Waals surface area contributed by atoms with Crippen LogP contribution in [0.25, 0.3) is 0 Å². The summed E-state index contributed by atoms with van der Waals surface area (Å²) >= 11 is 0. The maximum Gasteiger partial charge on any atom is 0.321 e. The molecule has 0 aromatic carbocycles. The summed E-state index contributed by atoms with van der Waals surface area (Å²) in [6, 6.07) is 5.47. The Hall–Kier alpha value is -1.82. The zero-order chi connectivity index (χ0) is 12.1. The molecule has 0 amide bonds. The van der Waals surface area contributed by atoms with Crippen molar-refractivity contribution in [2.75, 3.05) is 0 Å². The van der Waals surface area contributed by atoms with Gasteiger partial charge in [-0.1, -0.05) is 31.2 Å². The first-order valence-corrected chi connectivity index (χ1v) is 5.91. The Labute approximate surface area is 101 Å². The van der Waals surface area contributed by atoms with Crippen LogP contribution in [0.3, 0.4) is 0 Å². The largest absolute Gasteiger partial charge is 0.480 e. The van der Waals surface area contributed by atoms with Crippen LogP contribution in [0, 0.1) is 17.3 Å². The molecule has 3 heteroatoms. The van der Waals surface area contributed by atoms with Crippen LogP contribution in [0.1, 0.15) is 37.8 Å². The summed E-state index contributed by atoms with van der Waals surface area (Å²) in [6.45, 7) is 0.